The number of ether oxygens (including phenoxy) is 1. The van der Waals surface area contributed by atoms with E-state index in [9.17, 15) is 9.59 Å². The number of nitrogens with two attached hydrogens (primary N) is 1. The van der Waals surface area contributed by atoms with Gasteiger partial charge in [0.2, 0.25) is 0 Å². The molecule has 0 aliphatic carbocycles. The molecule has 12 nitrogen and oxygen atoms in total. The van der Waals surface area contributed by atoms with E-state index in [0.29, 0.717) is 59.7 Å². The van der Waals surface area contributed by atoms with Crippen molar-refractivity contribution < 1.29 is 9.53 Å². The summed E-state index contributed by atoms with van der Waals surface area (Å²) in [5.41, 5.74) is 8.67. The van der Waals surface area contributed by atoms with E-state index in [-0.39, 0.29) is 17.7 Å². The lowest BCUT2D eigenvalue weighted by Gasteiger charge is -2.39. The number of anilines is 3. The molecule has 1 amide bonds. The number of aromatic nitrogens is 5. The summed E-state index contributed by atoms with van der Waals surface area (Å²) in [6.07, 6.45) is 5.00. The van der Waals surface area contributed by atoms with Crippen molar-refractivity contribution in [1.29, 1.82) is 0 Å². The van der Waals surface area contributed by atoms with Gasteiger partial charge in [0, 0.05) is 58.1 Å². The smallest absolute Gasteiger partial charge is 0.284 e. The van der Waals surface area contributed by atoms with E-state index in [2.05, 4.69) is 25.1 Å². The van der Waals surface area contributed by atoms with Crippen molar-refractivity contribution in [2.45, 2.75) is 31.9 Å². The van der Waals surface area contributed by atoms with Crippen molar-refractivity contribution in [3.05, 3.63) is 75.4 Å². The number of benzene rings is 1. The van der Waals surface area contributed by atoms with E-state index in [0.717, 1.165) is 24.5 Å². The zero-order valence-corrected chi connectivity index (χ0v) is 25.1. The second-order valence-corrected chi connectivity index (χ2v) is 11.3. The number of nitrogens with one attached hydrogen (secondary N) is 1. The quantitative estimate of drug-likeness (QED) is 0.327. The number of hydrogen-bond acceptors (Lipinski definition) is 9. The standard InChI is InChI=1S/C30H34ClN9O3/c1-18-26(30(42)40(37(18)2)24-7-5-4-6-22(24)31)29(41)35-20-9-12-38(13-10-20)28-27(32)34-15-23(36-28)19-8-11-33-25(14-19)39-16-21(17-39)43-3/h4-8,11,14-15,20-21H,9-10,12-13,16-17H2,1-3H3,(H2,32,34)(H,35,41). The van der Waals surface area contributed by atoms with Crippen molar-refractivity contribution in [3.8, 4) is 16.9 Å². The number of rotatable bonds is 7. The maximum atomic E-state index is 13.3. The van der Waals surface area contributed by atoms with Crippen LogP contribution in [0.25, 0.3) is 16.9 Å². The third kappa shape index (κ3) is 5.43. The van der Waals surface area contributed by atoms with Crippen LogP contribution in [-0.2, 0) is 11.8 Å². The van der Waals surface area contributed by atoms with Crippen LogP contribution in [0.2, 0.25) is 5.02 Å². The Morgan fingerprint density at radius 3 is 2.58 bits per heavy atom. The monoisotopic (exact) mass is 603 g/mol. The Labute approximate surface area is 254 Å². The van der Waals surface area contributed by atoms with Crippen molar-refractivity contribution in [3.63, 3.8) is 0 Å². The van der Waals surface area contributed by atoms with E-state index >= 15 is 0 Å². The number of hydrogen-bond donors (Lipinski definition) is 2. The normalized spacial score (nSPS) is 15.9. The second-order valence-electron chi connectivity index (χ2n) is 10.9. The molecule has 13 heteroatoms. The zero-order valence-electron chi connectivity index (χ0n) is 24.3. The Kier molecular flexibility index (Phi) is 7.80. The summed E-state index contributed by atoms with van der Waals surface area (Å²) in [5.74, 6) is 1.45. The number of para-hydroxylation sites is 1. The largest absolute Gasteiger partial charge is 0.381 e. The predicted molar refractivity (Wildman–Crippen MR) is 166 cm³/mol. The first-order chi connectivity index (χ1) is 20.7. The highest BCUT2D eigenvalue weighted by Gasteiger charge is 2.29. The fourth-order valence-corrected chi connectivity index (χ4v) is 5.86. The summed E-state index contributed by atoms with van der Waals surface area (Å²) in [4.78, 5) is 44.7. The Morgan fingerprint density at radius 1 is 1.12 bits per heavy atom. The fraction of sp³-hybridized carbons (Fsp3) is 0.367. The van der Waals surface area contributed by atoms with Gasteiger partial charge in [-0.15, -0.1) is 0 Å². The average Bonchev–Trinajstić information content (AvgIpc) is 3.21. The molecular weight excluding hydrogens is 570 g/mol. The van der Waals surface area contributed by atoms with E-state index < -0.39 is 11.5 Å². The van der Waals surface area contributed by atoms with Gasteiger partial charge in [-0.2, -0.15) is 0 Å². The summed E-state index contributed by atoms with van der Waals surface area (Å²) in [5, 5.41) is 3.50. The van der Waals surface area contributed by atoms with Crippen LogP contribution in [0.15, 0.2) is 53.6 Å². The Balaban J connectivity index is 1.13. The lowest BCUT2D eigenvalue weighted by atomic mass is 10.0. The van der Waals surface area contributed by atoms with Gasteiger partial charge in [-0.1, -0.05) is 23.7 Å². The molecule has 0 spiro atoms. The molecule has 6 rings (SSSR count). The zero-order chi connectivity index (χ0) is 30.2. The first-order valence-electron chi connectivity index (χ1n) is 14.2. The molecule has 224 valence electrons. The molecule has 5 heterocycles. The highest BCUT2D eigenvalue weighted by atomic mass is 35.5. The summed E-state index contributed by atoms with van der Waals surface area (Å²) in [6, 6.07) is 10.9. The molecule has 0 saturated carbocycles. The third-order valence-electron chi connectivity index (χ3n) is 8.32. The maximum Gasteiger partial charge on any atom is 0.284 e. The van der Waals surface area contributed by atoms with Crippen molar-refractivity contribution in [2.75, 3.05) is 48.8 Å². The van der Waals surface area contributed by atoms with E-state index in [1.54, 1.807) is 62.4 Å². The molecule has 3 aromatic heterocycles. The van der Waals surface area contributed by atoms with E-state index in [1.807, 2.05) is 12.1 Å². The van der Waals surface area contributed by atoms with Gasteiger partial charge in [0.25, 0.3) is 11.5 Å². The van der Waals surface area contributed by atoms with Gasteiger partial charge in [0.15, 0.2) is 11.6 Å². The first kappa shape index (κ1) is 28.7. The molecule has 0 radical (unpaired) electrons. The minimum absolute atomic E-state index is 0.107. The number of methoxy groups -OCH3 is 1. The number of nitrogens with zero attached hydrogens (tertiary/aromatic N) is 7. The number of halogens is 1. The van der Waals surface area contributed by atoms with Crippen molar-refractivity contribution in [1.82, 2.24) is 29.6 Å². The highest BCUT2D eigenvalue weighted by Crippen LogP contribution is 2.29. The molecule has 2 fully saturated rings. The minimum Gasteiger partial charge on any atom is -0.381 e. The topological polar surface area (TPSA) is 136 Å². The van der Waals surface area contributed by atoms with Crippen LogP contribution in [0.1, 0.15) is 28.9 Å². The SMILES string of the molecule is COC1CN(c2cc(-c3cnc(N)c(N4CCC(NC(=O)c5c(C)n(C)n(-c6ccccc6Cl)c5=O)CC4)n3)ccn2)C1. The second kappa shape index (κ2) is 11.7. The van der Waals surface area contributed by atoms with Crippen LogP contribution in [0.5, 0.6) is 0 Å². The van der Waals surface area contributed by atoms with Gasteiger partial charge < -0.3 is 25.6 Å². The van der Waals surface area contributed by atoms with E-state index in [1.165, 1.54) is 4.68 Å². The van der Waals surface area contributed by atoms with Crippen LogP contribution in [0, 0.1) is 6.92 Å². The van der Waals surface area contributed by atoms with Gasteiger partial charge in [-0.3, -0.25) is 14.3 Å². The van der Waals surface area contributed by atoms with Crippen molar-refractivity contribution in [2.24, 2.45) is 7.05 Å². The Morgan fingerprint density at radius 2 is 1.86 bits per heavy atom. The molecule has 0 unspecified atom stereocenters. The number of piperidine rings is 1. The van der Waals surface area contributed by atoms with Gasteiger partial charge in [-0.05, 0) is 44.0 Å². The summed E-state index contributed by atoms with van der Waals surface area (Å²) < 4.78 is 8.46. The van der Waals surface area contributed by atoms with Crippen LogP contribution in [0.3, 0.4) is 0 Å². The molecular formula is C30H34ClN9O3. The number of carbonyl (C=O) groups excluding carboxylic acids is 1. The highest BCUT2D eigenvalue weighted by molar-refractivity contribution is 6.32. The van der Waals surface area contributed by atoms with Crippen LogP contribution < -0.4 is 26.4 Å². The molecule has 3 N–H and O–H groups in total. The van der Waals surface area contributed by atoms with Crippen LogP contribution in [-0.4, -0.2) is 75.7 Å². The Hall–Kier alpha value is -4.42. The molecule has 43 heavy (non-hydrogen) atoms. The fourth-order valence-electron chi connectivity index (χ4n) is 5.64. The average molecular weight is 604 g/mol. The van der Waals surface area contributed by atoms with Gasteiger partial charge in [-0.25, -0.2) is 19.6 Å². The molecule has 0 bridgehead atoms. The third-order valence-corrected chi connectivity index (χ3v) is 8.64. The van der Waals surface area contributed by atoms with Crippen LogP contribution >= 0.6 is 11.6 Å². The molecule has 1 aromatic carbocycles. The molecule has 2 aliphatic rings. The number of amides is 1. The predicted octanol–water partition coefficient (Wildman–Crippen LogP) is 2.81. The minimum atomic E-state index is -0.408. The van der Waals surface area contributed by atoms with Gasteiger partial charge >= 0.3 is 0 Å². The van der Waals surface area contributed by atoms with Crippen LogP contribution in [0.4, 0.5) is 17.5 Å². The molecule has 2 saturated heterocycles. The molecule has 4 aromatic rings. The first-order valence-corrected chi connectivity index (χ1v) is 14.6. The number of pyridine rings is 1. The lowest BCUT2D eigenvalue weighted by Crippen LogP contribution is -2.52. The van der Waals surface area contributed by atoms with Gasteiger partial charge in [0.05, 0.1) is 34.4 Å². The van der Waals surface area contributed by atoms with Gasteiger partial charge in [0.1, 0.15) is 11.4 Å². The summed E-state index contributed by atoms with van der Waals surface area (Å²) in [6.45, 7) is 4.61. The molecule has 0 atom stereocenters. The number of carbonyl (C=O) groups is 1. The van der Waals surface area contributed by atoms with Crippen molar-refractivity contribution >= 4 is 35.0 Å². The lowest BCUT2D eigenvalue weighted by molar-refractivity contribution is 0.0783. The summed E-state index contributed by atoms with van der Waals surface area (Å²) >= 11 is 6.35. The van der Waals surface area contributed by atoms with E-state index in [4.69, 9.17) is 27.1 Å². The Bertz CT molecular complexity index is 1720. The molecule has 2 aliphatic heterocycles. The number of nitrogen functional groups attached to an aromatic ring is 1. The summed E-state index contributed by atoms with van der Waals surface area (Å²) in [7, 11) is 3.46. The maximum absolute atomic E-state index is 13.3.